The zero-order valence-electron chi connectivity index (χ0n) is 26.5. The molecule has 0 atom stereocenters. The van der Waals surface area contributed by atoms with Crippen molar-refractivity contribution in [3.05, 3.63) is 41.8 Å². The lowest BCUT2D eigenvalue weighted by molar-refractivity contribution is 0.0230. The van der Waals surface area contributed by atoms with Gasteiger partial charge in [-0.2, -0.15) is 0 Å². The number of pyridine rings is 2. The maximum absolute atomic E-state index is 12.0. The lowest BCUT2D eigenvalue weighted by Gasteiger charge is -2.36. The van der Waals surface area contributed by atoms with Crippen LogP contribution in [0.5, 0.6) is 0 Å². The van der Waals surface area contributed by atoms with E-state index >= 15 is 0 Å². The number of carbonyl (C=O) groups is 2. The second-order valence-electron chi connectivity index (χ2n) is 11.8. The number of rotatable bonds is 3. The van der Waals surface area contributed by atoms with Crippen LogP contribution in [-0.4, -0.2) is 101 Å². The summed E-state index contributed by atoms with van der Waals surface area (Å²) in [5.74, 6) is 14.0. The molecule has 9 N–H and O–H groups in total. The number of ether oxygens (including phenoxy) is 2. The normalized spacial score (nSPS) is 14.7. The van der Waals surface area contributed by atoms with Crippen molar-refractivity contribution >= 4 is 41.0 Å². The van der Waals surface area contributed by atoms with Gasteiger partial charge in [-0.3, -0.25) is 11.7 Å². The van der Waals surface area contributed by atoms with E-state index in [1.54, 1.807) is 22.2 Å². The molecule has 4 heterocycles. The lowest BCUT2D eigenvalue weighted by Crippen LogP contribution is -2.50. The fraction of sp³-hybridized carbons (Fsp3) is 0.586. The molecular formula is C29H53ClN10O5. The molecule has 15 nitrogen and oxygen atoms in total. The van der Waals surface area contributed by atoms with Crippen LogP contribution in [0, 0.1) is 0 Å². The number of hydrogen-bond donors (Lipinski definition) is 4. The number of hydrazine groups is 2. The standard InChI is InChI=1S/C14H20ClN3O2.C14H23N5O2.CH4.H4N2.H2O/c1-14(2,3)20-13(19)18-8-6-17(7-9-18)11-4-5-16-12(15)10-11;1-14(2,3)21-13(20)19-8-6-18(7-9-19)11-4-5-16-12(10-11)17-15;;1-2;/h4-5,10H,6-9H2,1-3H3;4-5,10H,6-9,15H2,1-3H3,(H,16,17);1H4;1-2H2;1H2. The fourth-order valence-electron chi connectivity index (χ4n) is 4.23. The average Bonchev–Trinajstić information content (AvgIpc) is 2.97. The highest BCUT2D eigenvalue weighted by atomic mass is 35.5. The van der Waals surface area contributed by atoms with Gasteiger partial charge in [0.1, 0.15) is 22.2 Å². The molecule has 2 fully saturated rings. The first-order valence-corrected chi connectivity index (χ1v) is 14.5. The first kappa shape index (κ1) is 41.4. The minimum atomic E-state index is -0.457. The summed E-state index contributed by atoms with van der Waals surface area (Å²) in [6.45, 7) is 16.9. The van der Waals surface area contributed by atoms with Crippen molar-refractivity contribution < 1.29 is 24.5 Å². The minimum absolute atomic E-state index is 0. The fourth-order valence-corrected chi connectivity index (χ4v) is 4.40. The molecule has 4 rings (SSSR count). The monoisotopic (exact) mass is 656 g/mol. The predicted octanol–water partition coefficient (Wildman–Crippen LogP) is 2.85. The van der Waals surface area contributed by atoms with Crippen LogP contribution in [0.25, 0.3) is 0 Å². The van der Waals surface area contributed by atoms with E-state index < -0.39 is 11.2 Å². The van der Waals surface area contributed by atoms with Crippen LogP contribution in [0.4, 0.5) is 26.8 Å². The molecule has 0 bridgehead atoms. The molecule has 256 valence electrons. The summed E-state index contributed by atoms with van der Waals surface area (Å²) in [4.78, 5) is 39.9. The number of amides is 2. The van der Waals surface area contributed by atoms with Gasteiger partial charge in [0.25, 0.3) is 0 Å². The smallest absolute Gasteiger partial charge is 0.410 e. The second kappa shape index (κ2) is 19.0. The van der Waals surface area contributed by atoms with Crippen molar-refractivity contribution in [2.45, 2.75) is 60.2 Å². The highest BCUT2D eigenvalue weighted by Crippen LogP contribution is 2.21. The Labute approximate surface area is 272 Å². The summed E-state index contributed by atoms with van der Waals surface area (Å²) < 4.78 is 10.8. The van der Waals surface area contributed by atoms with E-state index in [0.29, 0.717) is 37.1 Å². The van der Waals surface area contributed by atoms with Crippen LogP contribution in [0.1, 0.15) is 49.0 Å². The molecule has 16 heteroatoms. The third-order valence-corrected chi connectivity index (χ3v) is 6.40. The first-order chi connectivity index (χ1) is 20.2. The molecule has 2 aliphatic heterocycles. The topological polar surface area (TPSA) is 213 Å². The quantitative estimate of drug-likeness (QED) is 0.213. The summed E-state index contributed by atoms with van der Waals surface area (Å²) >= 11 is 5.89. The van der Waals surface area contributed by atoms with Crippen LogP contribution in [-0.2, 0) is 9.47 Å². The molecule has 0 aliphatic carbocycles. The number of piperazine rings is 2. The van der Waals surface area contributed by atoms with E-state index in [1.165, 1.54) is 0 Å². The van der Waals surface area contributed by atoms with Gasteiger partial charge in [-0.05, 0) is 59.7 Å². The molecule has 2 saturated heterocycles. The molecule has 2 aromatic rings. The van der Waals surface area contributed by atoms with Gasteiger partial charge < -0.3 is 40.0 Å². The molecule has 0 unspecified atom stereocenters. The van der Waals surface area contributed by atoms with E-state index in [0.717, 1.165) is 37.6 Å². The van der Waals surface area contributed by atoms with Gasteiger partial charge in [0, 0.05) is 82.2 Å². The van der Waals surface area contributed by atoms with Crippen molar-refractivity contribution in [3.8, 4) is 0 Å². The molecule has 0 aromatic carbocycles. The zero-order chi connectivity index (χ0) is 32.2. The molecule has 45 heavy (non-hydrogen) atoms. The zero-order valence-corrected chi connectivity index (χ0v) is 27.3. The number of aromatic nitrogens is 2. The van der Waals surface area contributed by atoms with Crippen molar-refractivity contribution in [2.75, 3.05) is 67.6 Å². The summed E-state index contributed by atoms with van der Waals surface area (Å²) in [6, 6.07) is 7.59. The van der Waals surface area contributed by atoms with E-state index in [9.17, 15) is 9.59 Å². The highest BCUT2D eigenvalue weighted by molar-refractivity contribution is 6.29. The average molecular weight is 657 g/mol. The largest absolute Gasteiger partial charge is 0.444 e. The van der Waals surface area contributed by atoms with E-state index in [-0.39, 0.29) is 25.1 Å². The Hall–Kier alpha value is -3.63. The Morgan fingerprint density at radius 3 is 1.49 bits per heavy atom. The molecule has 0 radical (unpaired) electrons. The van der Waals surface area contributed by atoms with Crippen molar-refractivity contribution in [2.24, 2.45) is 17.5 Å². The Bertz CT molecular complexity index is 1160. The van der Waals surface area contributed by atoms with Gasteiger partial charge in [0.15, 0.2) is 0 Å². The molecule has 2 aliphatic rings. The van der Waals surface area contributed by atoms with Crippen LogP contribution in [0.2, 0.25) is 5.15 Å². The summed E-state index contributed by atoms with van der Waals surface area (Å²) in [7, 11) is 0. The highest BCUT2D eigenvalue weighted by Gasteiger charge is 2.27. The van der Waals surface area contributed by atoms with Crippen LogP contribution < -0.4 is 32.8 Å². The molecular weight excluding hydrogens is 604 g/mol. The third kappa shape index (κ3) is 14.3. The Balaban J connectivity index is 0.000000783. The Morgan fingerprint density at radius 2 is 1.13 bits per heavy atom. The molecule has 2 amide bonds. The summed E-state index contributed by atoms with van der Waals surface area (Å²) in [5, 5.41) is 0.483. The predicted molar refractivity (Wildman–Crippen MR) is 180 cm³/mol. The Kier molecular flexibility index (Phi) is 17.5. The van der Waals surface area contributed by atoms with Crippen LogP contribution >= 0.6 is 11.6 Å². The van der Waals surface area contributed by atoms with Gasteiger partial charge in [0.2, 0.25) is 0 Å². The van der Waals surface area contributed by atoms with E-state index in [1.807, 2.05) is 65.8 Å². The second-order valence-corrected chi connectivity index (χ2v) is 12.2. The number of nitrogens with one attached hydrogen (secondary N) is 1. The molecule has 0 saturated carbocycles. The maximum atomic E-state index is 12.0. The maximum Gasteiger partial charge on any atom is 0.410 e. The minimum Gasteiger partial charge on any atom is -0.444 e. The first-order valence-electron chi connectivity index (χ1n) is 14.1. The third-order valence-electron chi connectivity index (χ3n) is 6.19. The van der Waals surface area contributed by atoms with Gasteiger partial charge in [-0.1, -0.05) is 19.0 Å². The Morgan fingerprint density at radius 1 is 0.756 bits per heavy atom. The number of nitrogens with zero attached hydrogens (tertiary/aromatic N) is 6. The van der Waals surface area contributed by atoms with Gasteiger partial charge in [-0.15, -0.1) is 0 Å². The van der Waals surface area contributed by atoms with Crippen LogP contribution in [0.3, 0.4) is 0 Å². The number of anilines is 3. The lowest BCUT2D eigenvalue weighted by atomic mass is 10.2. The van der Waals surface area contributed by atoms with Crippen molar-refractivity contribution in [1.82, 2.24) is 19.8 Å². The van der Waals surface area contributed by atoms with Gasteiger partial charge in [0.05, 0.1) is 0 Å². The number of nitrogen functional groups attached to an aromatic ring is 1. The number of halogens is 1. The van der Waals surface area contributed by atoms with Gasteiger partial charge >= 0.3 is 12.2 Å². The van der Waals surface area contributed by atoms with E-state index in [2.05, 4.69) is 36.9 Å². The van der Waals surface area contributed by atoms with Gasteiger partial charge in [-0.25, -0.2) is 25.4 Å². The SMILES string of the molecule is C.CC(C)(C)OC(=O)N1CCN(c2ccnc(Cl)c2)CC1.CC(C)(C)OC(=O)N1CCN(c2ccnc(NN)c2)CC1.NN.O. The number of hydrogen-bond acceptors (Lipinski definition) is 12. The number of carbonyl (C=O) groups excluding carboxylic acids is 2. The molecule has 0 spiro atoms. The summed E-state index contributed by atoms with van der Waals surface area (Å²) in [5.41, 5.74) is 3.71. The van der Waals surface area contributed by atoms with Crippen molar-refractivity contribution in [3.63, 3.8) is 0 Å². The van der Waals surface area contributed by atoms with E-state index in [4.69, 9.17) is 26.9 Å². The summed E-state index contributed by atoms with van der Waals surface area (Å²) in [6.07, 6.45) is 2.91. The van der Waals surface area contributed by atoms with Crippen molar-refractivity contribution in [1.29, 1.82) is 0 Å². The van der Waals surface area contributed by atoms with Crippen LogP contribution in [0.15, 0.2) is 36.7 Å². The molecule has 2 aromatic heterocycles. The number of nitrogens with two attached hydrogens (primary N) is 3.